The lowest BCUT2D eigenvalue weighted by molar-refractivity contribution is -0.137. The fourth-order valence-electron chi connectivity index (χ4n) is 2.61. The second-order valence-electron chi connectivity index (χ2n) is 5.74. The summed E-state index contributed by atoms with van der Waals surface area (Å²) in [6.07, 6.45) is 0.0702. The molecule has 0 saturated carbocycles. The van der Waals surface area contributed by atoms with Gasteiger partial charge in [-0.3, -0.25) is 4.68 Å². The Morgan fingerprint density at radius 1 is 1.35 bits per heavy atom. The third-order valence-electron chi connectivity index (χ3n) is 3.86. The molecular weight excluding hydrogens is 307 g/mol. The first-order chi connectivity index (χ1) is 11.0. The minimum atomic E-state index is -4.33. The van der Waals surface area contributed by atoms with Gasteiger partial charge in [0.25, 0.3) is 0 Å². The average molecular weight is 325 g/mol. The number of nitrogens with zero attached hydrogens (tertiary/aromatic N) is 2. The molecule has 1 saturated heterocycles. The normalized spacial score (nSPS) is 18.3. The highest BCUT2D eigenvalue weighted by Gasteiger charge is 2.30. The Balaban J connectivity index is 1.60. The molecule has 7 heteroatoms. The summed E-state index contributed by atoms with van der Waals surface area (Å²) in [6, 6.07) is 5.27. The van der Waals surface area contributed by atoms with Crippen LogP contribution in [0.5, 0.6) is 5.75 Å². The van der Waals surface area contributed by atoms with E-state index in [0.29, 0.717) is 23.8 Å². The predicted octanol–water partition coefficient (Wildman–Crippen LogP) is 2.94. The summed E-state index contributed by atoms with van der Waals surface area (Å²) in [6.45, 7) is 2.88. The predicted molar refractivity (Wildman–Crippen MR) is 79.2 cm³/mol. The maximum atomic E-state index is 12.7. The van der Waals surface area contributed by atoms with Gasteiger partial charge in [-0.2, -0.15) is 18.3 Å². The topological polar surface area (TPSA) is 39.1 Å². The van der Waals surface area contributed by atoms with Gasteiger partial charge in [0.2, 0.25) is 0 Å². The molecule has 1 unspecified atom stereocenters. The van der Waals surface area contributed by atoms with Gasteiger partial charge in [0.05, 0.1) is 31.1 Å². The zero-order valence-electron chi connectivity index (χ0n) is 12.5. The van der Waals surface area contributed by atoms with Crippen molar-refractivity contribution >= 4 is 0 Å². The standard InChI is InChI=1S/C16H18F3N3O/c17-16(18,19)14-3-1-2-12(6-14)9-22-10-15(8-21-22)23-11-13-4-5-20-7-13/h1-3,6,8,10,13,20H,4-5,7,9,11H2. The number of halogens is 3. The van der Waals surface area contributed by atoms with Gasteiger partial charge in [-0.25, -0.2) is 0 Å². The van der Waals surface area contributed by atoms with Crippen LogP contribution in [0.1, 0.15) is 17.5 Å². The van der Waals surface area contributed by atoms with Crippen molar-refractivity contribution in [2.75, 3.05) is 19.7 Å². The van der Waals surface area contributed by atoms with Gasteiger partial charge in [-0.05, 0) is 30.7 Å². The number of rotatable bonds is 5. The Kier molecular flexibility index (Phi) is 4.56. The summed E-state index contributed by atoms with van der Waals surface area (Å²) >= 11 is 0. The van der Waals surface area contributed by atoms with Crippen LogP contribution in [0.25, 0.3) is 0 Å². The van der Waals surface area contributed by atoms with E-state index < -0.39 is 11.7 Å². The first-order valence-corrected chi connectivity index (χ1v) is 7.53. The summed E-state index contributed by atoms with van der Waals surface area (Å²) in [5.74, 6) is 1.14. The van der Waals surface area contributed by atoms with Crippen LogP contribution in [0.2, 0.25) is 0 Å². The third-order valence-corrected chi connectivity index (χ3v) is 3.86. The first-order valence-electron chi connectivity index (χ1n) is 7.53. The first kappa shape index (κ1) is 15.9. The molecule has 1 aromatic heterocycles. The van der Waals surface area contributed by atoms with Crippen LogP contribution in [-0.2, 0) is 12.7 Å². The molecule has 0 amide bonds. The Morgan fingerprint density at radius 3 is 2.96 bits per heavy atom. The number of hydrogen-bond acceptors (Lipinski definition) is 3. The number of aromatic nitrogens is 2. The van der Waals surface area contributed by atoms with Crippen molar-refractivity contribution < 1.29 is 17.9 Å². The molecule has 2 aromatic rings. The molecule has 1 aromatic carbocycles. The van der Waals surface area contributed by atoms with Crippen LogP contribution in [-0.4, -0.2) is 29.5 Å². The van der Waals surface area contributed by atoms with E-state index in [4.69, 9.17) is 4.74 Å². The second-order valence-corrected chi connectivity index (χ2v) is 5.74. The minimum absolute atomic E-state index is 0.276. The number of hydrogen-bond donors (Lipinski definition) is 1. The van der Waals surface area contributed by atoms with Crippen molar-refractivity contribution in [3.05, 3.63) is 47.8 Å². The quantitative estimate of drug-likeness (QED) is 0.919. The van der Waals surface area contributed by atoms with Crippen LogP contribution >= 0.6 is 0 Å². The van der Waals surface area contributed by atoms with Crippen LogP contribution in [0, 0.1) is 5.92 Å². The Bertz CT molecular complexity index is 648. The van der Waals surface area contributed by atoms with E-state index in [1.165, 1.54) is 6.07 Å². The Labute approximate surface area is 132 Å². The second kappa shape index (κ2) is 6.62. The summed E-state index contributed by atoms with van der Waals surface area (Å²) < 4.78 is 45.4. The summed E-state index contributed by atoms with van der Waals surface area (Å²) in [5, 5.41) is 7.41. The summed E-state index contributed by atoms with van der Waals surface area (Å²) in [7, 11) is 0. The molecule has 23 heavy (non-hydrogen) atoms. The maximum absolute atomic E-state index is 12.7. The van der Waals surface area contributed by atoms with Gasteiger partial charge in [-0.1, -0.05) is 12.1 Å². The largest absolute Gasteiger partial charge is 0.490 e. The number of nitrogens with one attached hydrogen (secondary N) is 1. The minimum Gasteiger partial charge on any atom is -0.490 e. The van der Waals surface area contributed by atoms with Gasteiger partial charge in [0.15, 0.2) is 5.75 Å². The van der Waals surface area contributed by atoms with E-state index in [1.54, 1.807) is 23.1 Å². The van der Waals surface area contributed by atoms with Crippen molar-refractivity contribution in [2.24, 2.45) is 5.92 Å². The van der Waals surface area contributed by atoms with E-state index in [1.807, 2.05) is 0 Å². The highest BCUT2D eigenvalue weighted by atomic mass is 19.4. The molecule has 0 spiro atoms. The van der Waals surface area contributed by atoms with E-state index in [9.17, 15) is 13.2 Å². The molecule has 1 N–H and O–H groups in total. The van der Waals surface area contributed by atoms with Gasteiger partial charge >= 0.3 is 6.18 Å². The summed E-state index contributed by atoms with van der Waals surface area (Å²) in [4.78, 5) is 0. The van der Waals surface area contributed by atoms with Gasteiger partial charge in [-0.15, -0.1) is 0 Å². The maximum Gasteiger partial charge on any atom is 0.416 e. The lowest BCUT2D eigenvalue weighted by Gasteiger charge is -2.09. The Hall–Kier alpha value is -2.02. The molecule has 1 fully saturated rings. The Morgan fingerprint density at radius 2 is 2.22 bits per heavy atom. The molecule has 1 aliphatic heterocycles. The van der Waals surface area contributed by atoms with Crippen molar-refractivity contribution in [2.45, 2.75) is 19.1 Å². The molecule has 1 atom stereocenters. The molecule has 1 aliphatic rings. The van der Waals surface area contributed by atoms with E-state index in [0.717, 1.165) is 31.6 Å². The number of alkyl halides is 3. The van der Waals surface area contributed by atoms with Crippen LogP contribution in [0.15, 0.2) is 36.7 Å². The van der Waals surface area contributed by atoms with E-state index in [-0.39, 0.29) is 6.54 Å². The molecule has 0 radical (unpaired) electrons. The average Bonchev–Trinajstić information content (AvgIpc) is 3.16. The van der Waals surface area contributed by atoms with Crippen molar-refractivity contribution in [1.29, 1.82) is 0 Å². The van der Waals surface area contributed by atoms with Gasteiger partial charge in [0, 0.05) is 12.5 Å². The zero-order chi connectivity index (χ0) is 16.3. The highest BCUT2D eigenvalue weighted by molar-refractivity contribution is 5.26. The van der Waals surface area contributed by atoms with E-state index >= 15 is 0 Å². The van der Waals surface area contributed by atoms with E-state index in [2.05, 4.69) is 10.4 Å². The molecule has 3 rings (SSSR count). The lowest BCUT2D eigenvalue weighted by Crippen LogP contribution is -2.15. The third kappa shape index (κ3) is 4.25. The molecule has 0 aliphatic carbocycles. The molecule has 124 valence electrons. The fraction of sp³-hybridized carbons (Fsp3) is 0.438. The lowest BCUT2D eigenvalue weighted by atomic mass is 10.1. The van der Waals surface area contributed by atoms with Crippen molar-refractivity contribution in [3.63, 3.8) is 0 Å². The number of benzene rings is 1. The molecule has 2 heterocycles. The highest BCUT2D eigenvalue weighted by Crippen LogP contribution is 2.29. The van der Waals surface area contributed by atoms with Crippen LogP contribution in [0.3, 0.4) is 0 Å². The molecular formula is C16H18F3N3O. The monoisotopic (exact) mass is 325 g/mol. The molecule has 0 bridgehead atoms. The smallest absolute Gasteiger partial charge is 0.416 e. The van der Waals surface area contributed by atoms with Crippen molar-refractivity contribution in [3.8, 4) is 5.75 Å². The molecule has 4 nitrogen and oxygen atoms in total. The number of ether oxygens (including phenoxy) is 1. The van der Waals surface area contributed by atoms with Gasteiger partial charge < -0.3 is 10.1 Å². The van der Waals surface area contributed by atoms with Crippen molar-refractivity contribution in [1.82, 2.24) is 15.1 Å². The van der Waals surface area contributed by atoms with Crippen LogP contribution in [0.4, 0.5) is 13.2 Å². The summed E-state index contributed by atoms with van der Waals surface area (Å²) in [5.41, 5.74) is -0.0955. The van der Waals surface area contributed by atoms with Gasteiger partial charge in [0.1, 0.15) is 0 Å². The zero-order valence-corrected chi connectivity index (χ0v) is 12.5. The fourth-order valence-corrected chi connectivity index (χ4v) is 2.61. The van der Waals surface area contributed by atoms with Crippen LogP contribution < -0.4 is 10.1 Å². The SMILES string of the molecule is FC(F)(F)c1cccc(Cn2cc(OCC3CCNC3)cn2)c1.